The van der Waals surface area contributed by atoms with E-state index in [0.717, 1.165) is 11.3 Å². The van der Waals surface area contributed by atoms with E-state index < -0.39 is 0 Å². The van der Waals surface area contributed by atoms with E-state index in [1.807, 2.05) is 48.2 Å². The summed E-state index contributed by atoms with van der Waals surface area (Å²) in [7, 11) is 0. The van der Waals surface area contributed by atoms with Gasteiger partial charge in [0.2, 0.25) is 5.91 Å². The minimum absolute atomic E-state index is 0.134. The van der Waals surface area contributed by atoms with Crippen LogP contribution >= 0.6 is 0 Å². The summed E-state index contributed by atoms with van der Waals surface area (Å²) in [6, 6.07) is 20.1. The van der Waals surface area contributed by atoms with Crippen LogP contribution in [0, 0.1) is 0 Å². The quantitative estimate of drug-likeness (QED) is 0.565. The second-order valence-electron chi connectivity index (χ2n) is 7.62. The lowest BCUT2D eigenvalue weighted by atomic mass is 10.0. The molecule has 33 heavy (non-hydrogen) atoms. The molecular weight excluding hydrogens is 416 g/mol. The topological polar surface area (TPSA) is 82.6 Å². The molecule has 0 spiro atoms. The first-order valence-corrected chi connectivity index (χ1v) is 10.7. The summed E-state index contributed by atoms with van der Waals surface area (Å²) in [6.45, 7) is 4.02. The molecule has 0 atom stereocenters. The van der Waals surface area contributed by atoms with E-state index >= 15 is 0 Å². The first kappa shape index (κ1) is 22.0. The van der Waals surface area contributed by atoms with Gasteiger partial charge in [-0.1, -0.05) is 36.4 Å². The number of benzene rings is 2. The number of anilines is 2. The highest BCUT2D eigenvalue weighted by Crippen LogP contribution is 2.35. The number of nitrogens with one attached hydrogen (secondary N) is 1. The standard InChI is InChI=1S/C26H24N4O3/c1-3-29(22-9-5-4-6-10-22)24-23(20-11-13-21(14-12-20)28-18(2)31)25(32)30(26(24)33)17-19-8-7-15-27-16-19/h4-16H,3,17H2,1-2H3,(H,28,31). The molecule has 2 aromatic carbocycles. The minimum Gasteiger partial charge on any atom is -0.337 e. The van der Waals surface area contributed by atoms with Crippen LogP contribution in [0.15, 0.2) is 84.8 Å². The maximum atomic E-state index is 13.6. The zero-order valence-electron chi connectivity index (χ0n) is 18.5. The van der Waals surface area contributed by atoms with Crippen molar-refractivity contribution in [3.05, 3.63) is 95.9 Å². The van der Waals surface area contributed by atoms with Gasteiger partial charge in [-0.05, 0) is 48.4 Å². The lowest BCUT2D eigenvalue weighted by molar-refractivity contribution is -0.137. The van der Waals surface area contributed by atoms with E-state index in [2.05, 4.69) is 10.3 Å². The molecule has 0 unspecified atom stereocenters. The van der Waals surface area contributed by atoms with Crippen LogP contribution in [0.25, 0.3) is 5.57 Å². The van der Waals surface area contributed by atoms with E-state index in [4.69, 9.17) is 0 Å². The number of likely N-dealkylation sites (N-methyl/N-ethyl adjacent to an activating group) is 1. The summed E-state index contributed by atoms with van der Waals surface area (Å²) < 4.78 is 0. The van der Waals surface area contributed by atoms with Gasteiger partial charge >= 0.3 is 0 Å². The number of imide groups is 1. The predicted octanol–water partition coefficient (Wildman–Crippen LogP) is 3.85. The van der Waals surface area contributed by atoms with E-state index in [0.29, 0.717) is 29.1 Å². The van der Waals surface area contributed by atoms with Gasteiger partial charge in [0, 0.05) is 37.2 Å². The van der Waals surface area contributed by atoms with Crippen LogP contribution in [0.2, 0.25) is 0 Å². The molecule has 166 valence electrons. The third kappa shape index (κ3) is 4.52. The number of carbonyl (C=O) groups excluding carboxylic acids is 3. The van der Waals surface area contributed by atoms with Crippen molar-refractivity contribution in [3.63, 3.8) is 0 Å². The fourth-order valence-corrected chi connectivity index (χ4v) is 3.89. The smallest absolute Gasteiger partial charge is 0.278 e. The Labute approximate surface area is 192 Å². The van der Waals surface area contributed by atoms with Crippen molar-refractivity contribution in [1.29, 1.82) is 0 Å². The van der Waals surface area contributed by atoms with Gasteiger partial charge in [-0.25, -0.2) is 0 Å². The molecular formula is C26H24N4O3. The number of carbonyl (C=O) groups is 3. The predicted molar refractivity (Wildman–Crippen MR) is 127 cm³/mol. The first-order valence-electron chi connectivity index (χ1n) is 10.7. The molecule has 7 heteroatoms. The van der Waals surface area contributed by atoms with Gasteiger partial charge in [0.05, 0.1) is 12.1 Å². The minimum atomic E-state index is -0.361. The van der Waals surface area contributed by atoms with Gasteiger partial charge in [0.15, 0.2) is 0 Å². The number of hydrogen-bond donors (Lipinski definition) is 1. The number of rotatable bonds is 7. The molecule has 0 aliphatic carbocycles. The number of pyridine rings is 1. The highest BCUT2D eigenvalue weighted by Gasteiger charge is 2.41. The Kier molecular flexibility index (Phi) is 6.31. The highest BCUT2D eigenvalue weighted by atomic mass is 16.2. The van der Waals surface area contributed by atoms with Crippen LogP contribution < -0.4 is 10.2 Å². The van der Waals surface area contributed by atoms with Crippen molar-refractivity contribution in [2.45, 2.75) is 20.4 Å². The fourth-order valence-electron chi connectivity index (χ4n) is 3.89. The van der Waals surface area contributed by atoms with Crippen LogP contribution in [0.4, 0.5) is 11.4 Å². The van der Waals surface area contributed by atoms with Crippen LogP contribution in [0.5, 0.6) is 0 Å². The van der Waals surface area contributed by atoms with E-state index in [9.17, 15) is 14.4 Å². The molecule has 1 aliphatic heterocycles. The average molecular weight is 441 g/mol. The average Bonchev–Trinajstić information content (AvgIpc) is 3.06. The first-order chi connectivity index (χ1) is 16.0. The molecule has 0 bridgehead atoms. The maximum absolute atomic E-state index is 13.6. The second kappa shape index (κ2) is 9.48. The molecule has 4 rings (SSSR count). The lowest BCUT2D eigenvalue weighted by Gasteiger charge is -2.25. The summed E-state index contributed by atoms with van der Waals surface area (Å²) in [5.74, 6) is -0.894. The monoisotopic (exact) mass is 440 g/mol. The van der Waals surface area contributed by atoms with Gasteiger partial charge < -0.3 is 10.2 Å². The molecule has 3 amide bonds. The molecule has 1 aromatic heterocycles. The van der Waals surface area contributed by atoms with Gasteiger partial charge in [-0.2, -0.15) is 0 Å². The zero-order chi connectivity index (χ0) is 23.4. The van der Waals surface area contributed by atoms with Gasteiger partial charge in [0.1, 0.15) is 5.70 Å². The van der Waals surface area contributed by atoms with Crippen molar-refractivity contribution in [3.8, 4) is 0 Å². The Morgan fingerprint density at radius 3 is 2.30 bits per heavy atom. The van der Waals surface area contributed by atoms with E-state index in [-0.39, 0.29) is 24.3 Å². The third-order valence-corrected chi connectivity index (χ3v) is 5.35. The molecule has 2 heterocycles. The Balaban J connectivity index is 1.79. The third-order valence-electron chi connectivity index (χ3n) is 5.35. The number of nitrogens with zero attached hydrogens (tertiary/aromatic N) is 3. The normalized spacial score (nSPS) is 13.5. The fraction of sp³-hybridized carbons (Fsp3) is 0.154. The van der Waals surface area contributed by atoms with Crippen molar-refractivity contribution < 1.29 is 14.4 Å². The van der Waals surface area contributed by atoms with Crippen molar-refractivity contribution in [2.24, 2.45) is 0 Å². The van der Waals surface area contributed by atoms with Gasteiger partial charge in [-0.15, -0.1) is 0 Å². The van der Waals surface area contributed by atoms with E-state index in [1.54, 1.807) is 42.7 Å². The number of amides is 3. The van der Waals surface area contributed by atoms with E-state index in [1.165, 1.54) is 11.8 Å². The highest BCUT2D eigenvalue weighted by molar-refractivity contribution is 6.36. The lowest BCUT2D eigenvalue weighted by Crippen LogP contribution is -2.34. The SMILES string of the molecule is CCN(C1=C(c2ccc(NC(C)=O)cc2)C(=O)N(Cc2cccnc2)C1=O)c1ccccc1. The summed E-state index contributed by atoms with van der Waals surface area (Å²) >= 11 is 0. The van der Waals surface area contributed by atoms with Gasteiger partial charge in [-0.3, -0.25) is 24.3 Å². The number of aromatic nitrogens is 1. The molecule has 0 fully saturated rings. The van der Waals surface area contributed by atoms with Crippen molar-refractivity contribution >= 4 is 34.7 Å². The molecule has 0 saturated heterocycles. The Morgan fingerprint density at radius 1 is 0.970 bits per heavy atom. The molecule has 0 radical (unpaired) electrons. The molecule has 7 nitrogen and oxygen atoms in total. The Bertz CT molecular complexity index is 1210. The van der Waals surface area contributed by atoms with Crippen LogP contribution in [-0.4, -0.2) is 34.2 Å². The van der Waals surface area contributed by atoms with Crippen molar-refractivity contribution in [1.82, 2.24) is 9.88 Å². The molecule has 3 aromatic rings. The summed E-state index contributed by atoms with van der Waals surface area (Å²) in [5.41, 5.74) is 3.50. The number of para-hydroxylation sites is 1. The second-order valence-corrected chi connectivity index (χ2v) is 7.62. The maximum Gasteiger partial charge on any atom is 0.278 e. The molecule has 0 saturated carbocycles. The van der Waals surface area contributed by atoms with Crippen molar-refractivity contribution in [2.75, 3.05) is 16.8 Å². The summed E-state index contributed by atoms with van der Waals surface area (Å²) in [4.78, 5) is 45.8. The number of hydrogen-bond acceptors (Lipinski definition) is 5. The zero-order valence-corrected chi connectivity index (χ0v) is 18.5. The van der Waals surface area contributed by atoms with Crippen LogP contribution in [0.1, 0.15) is 25.0 Å². The largest absolute Gasteiger partial charge is 0.337 e. The van der Waals surface area contributed by atoms with Crippen LogP contribution in [-0.2, 0) is 20.9 Å². The molecule has 1 N–H and O–H groups in total. The van der Waals surface area contributed by atoms with Gasteiger partial charge in [0.25, 0.3) is 11.8 Å². The molecule has 1 aliphatic rings. The van der Waals surface area contributed by atoms with Crippen LogP contribution in [0.3, 0.4) is 0 Å². The Hall–Kier alpha value is -4.26. The summed E-state index contributed by atoms with van der Waals surface area (Å²) in [5, 5.41) is 2.72. The Morgan fingerprint density at radius 2 is 1.70 bits per heavy atom. The summed E-state index contributed by atoms with van der Waals surface area (Å²) in [6.07, 6.45) is 3.30.